The summed E-state index contributed by atoms with van der Waals surface area (Å²) >= 11 is 0. The molecule has 2 unspecified atom stereocenters. The number of quaternary nitrogens is 1. The number of nitrogens with zero attached hydrogens (tertiary/aromatic N) is 1. The Bertz CT molecular complexity index is 118. The van der Waals surface area contributed by atoms with Crippen molar-refractivity contribution in [3.63, 3.8) is 0 Å². The average molecular weight is 172 g/mol. The molecule has 0 amide bonds. The summed E-state index contributed by atoms with van der Waals surface area (Å²) in [4.78, 5) is 0. The van der Waals surface area contributed by atoms with E-state index in [4.69, 9.17) is 0 Å². The van der Waals surface area contributed by atoms with Crippen LogP contribution in [-0.2, 0) is 0 Å². The molecule has 1 aliphatic rings. The van der Waals surface area contributed by atoms with Crippen molar-refractivity contribution in [2.24, 2.45) is 0 Å². The fraction of sp³-hybridized carbons (Fsp3) is 1.00. The lowest BCUT2D eigenvalue weighted by atomic mass is 10.1. The summed E-state index contributed by atoms with van der Waals surface area (Å²) in [5, 5.41) is 0. The summed E-state index contributed by atoms with van der Waals surface area (Å²) in [5.41, 5.74) is 0. The molecule has 1 saturated heterocycles. The summed E-state index contributed by atoms with van der Waals surface area (Å²) in [6, 6.07) is 1.81. The van der Waals surface area contributed by atoms with Crippen LogP contribution in [0.1, 0.15) is 47.0 Å². The maximum atomic E-state index is 2.37. The monoisotopic (exact) mass is 172 g/mol. The van der Waals surface area contributed by atoms with Crippen LogP contribution in [0.3, 0.4) is 0 Å². The van der Waals surface area contributed by atoms with Crippen LogP contribution in [0, 0.1) is 0 Å². The van der Waals surface area contributed by atoms with Crippen LogP contribution >= 0.6 is 0 Å². The molecule has 1 fully saturated rings. The number of likely N-dealkylation sites (tertiary alicyclic amines) is 1. The molecule has 0 aliphatic carbocycles. The van der Waals surface area contributed by atoms with E-state index in [-0.39, 0.29) is 0 Å². The maximum Gasteiger partial charge on any atom is 0.0887 e. The van der Waals surface area contributed by atoms with E-state index in [1.807, 2.05) is 13.8 Å². The van der Waals surface area contributed by atoms with Gasteiger partial charge in [-0.25, -0.2) is 0 Å². The third-order valence-electron chi connectivity index (χ3n) is 3.47. The van der Waals surface area contributed by atoms with Gasteiger partial charge in [0.1, 0.15) is 0 Å². The molecule has 0 aromatic carbocycles. The van der Waals surface area contributed by atoms with Gasteiger partial charge < -0.3 is 4.48 Å². The first-order valence-corrected chi connectivity index (χ1v) is 5.42. The zero-order chi connectivity index (χ0) is 9.78. The normalized spacial score (nSPS) is 32.5. The van der Waals surface area contributed by atoms with E-state index in [0.29, 0.717) is 0 Å². The van der Waals surface area contributed by atoms with Gasteiger partial charge in [0.15, 0.2) is 0 Å². The minimum absolute atomic E-state index is 0.880. The predicted molar refractivity (Wildman–Crippen MR) is 56.2 cm³/mol. The predicted octanol–water partition coefficient (Wildman–Crippen LogP) is 3.05. The third kappa shape index (κ3) is 2.22. The SMILES string of the molecule is CC.CCC1CCC(C)[N+]1(C)C. The Hall–Kier alpha value is -0.0400. The molecule has 0 aromatic heterocycles. The van der Waals surface area contributed by atoms with Gasteiger partial charge in [-0.1, -0.05) is 20.8 Å². The third-order valence-corrected chi connectivity index (χ3v) is 3.47. The molecule has 12 heavy (non-hydrogen) atoms. The summed E-state index contributed by atoms with van der Waals surface area (Å²) in [7, 11) is 4.73. The summed E-state index contributed by atoms with van der Waals surface area (Å²) in [6.07, 6.45) is 4.20. The quantitative estimate of drug-likeness (QED) is 0.533. The molecule has 2 atom stereocenters. The van der Waals surface area contributed by atoms with Crippen LogP contribution in [0.25, 0.3) is 0 Å². The summed E-state index contributed by atoms with van der Waals surface area (Å²) in [5.74, 6) is 0. The van der Waals surface area contributed by atoms with Crippen LogP contribution in [0.4, 0.5) is 0 Å². The Morgan fingerprint density at radius 2 is 1.67 bits per heavy atom. The van der Waals surface area contributed by atoms with E-state index < -0.39 is 0 Å². The molecule has 1 aliphatic heterocycles. The van der Waals surface area contributed by atoms with Crippen molar-refractivity contribution < 1.29 is 4.48 Å². The molecule has 1 heteroatoms. The van der Waals surface area contributed by atoms with E-state index in [0.717, 1.165) is 12.1 Å². The molecule has 1 rings (SSSR count). The zero-order valence-electron chi connectivity index (χ0n) is 9.72. The minimum atomic E-state index is 0.880. The number of hydrogen-bond donors (Lipinski definition) is 0. The van der Waals surface area contributed by atoms with E-state index in [1.165, 1.54) is 23.7 Å². The Morgan fingerprint density at radius 3 is 1.83 bits per heavy atom. The highest BCUT2D eigenvalue weighted by atomic mass is 15.4. The van der Waals surface area contributed by atoms with Gasteiger partial charge in [0, 0.05) is 12.8 Å². The van der Waals surface area contributed by atoms with Gasteiger partial charge in [-0.3, -0.25) is 0 Å². The smallest absolute Gasteiger partial charge is 0.0887 e. The minimum Gasteiger partial charge on any atom is -0.324 e. The lowest BCUT2D eigenvalue weighted by Crippen LogP contribution is -2.48. The second-order valence-corrected chi connectivity index (χ2v) is 4.12. The van der Waals surface area contributed by atoms with Crippen molar-refractivity contribution in [2.45, 2.75) is 59.0 Å². The van der Waals surface area contributed by atoms with Gasteiger partial charge in [-0.05, 0) is 13.3 Å². The van der Waals surface area contributed by atoms with Gasteiger partial charge >= 0.3 is 0 Å². The second kappa shape index (κ2) is 4.86. The van der Waals surface area contributed by atoms with Gasteiger partial charge in [0.25, 0.3) is 0 Å². The second-order valence-electron chi connectivity index (χ2n) is 4.12. The highest BCUT2D eigenvalue weighted by molar-refractivity contribution is 4.69. The lowest BCUT2D eigenvalue weighted by molar-refractivity contribution is -0.923. The Morgan fingerprint density at radius 1 is 1.17 bits per heavy atom. The molecule has 0 radical (unpaired) electrons. The first kappa shape index (κ1) is 12.0. The van der Waals surface area contributed by atoms with E-state index >= 15 is 0 Å². The molecular weight excluding hydrogens is 146 g/mol. The molecule has 1 heterocycles. The van der Waals surface area contributed by atoms with Gasteiger partial charge in [0.05, 0.1) is 26.2 Å². The zero-order valence-corrected chi connectivity index (χ0v) is 9.72. The molecule has 1 nitrogen and oxygen atoms in total. The van der Waals surface area contributed by atoms with Crippen molar-refractivity contribution in [1.82, 2.24) is 0 Å². The van der Waals surface area contributed by atoms with Crippen molar-refractivity contribution in [2.75, 3.05) is 14.1 Å². The fourth-order valence-electron chi connectivity index (χ4n) is 2.13. The van der Waals surface area contributed by atoms with Crippen molar-refractivity contribution in [1.29, 1.82) is 0 Å². The Balaban J connectivity index is 0.000000561. The topological polar surface area (TPSA) is 0 Å². The molecule has 0 spiro atoms. The first-order chi connectivity index (χ1) is 5.59. The van der Waals surface area contributed by atoms with Crippen molar-refractivity contribution in [3.05, 3.63) is 0 Å². The van der Waals surface area contributed by atoms with E-state index in [9.17, 15) is 0 Å². The average Bonchev–Trinajstić information content (AvgIpc) is 2.31. The van der Waals surface area contributed by atoms with E-state index in [1.54, 1.807) is 0 Å². The highest BCUT2D eigenvalue weighted by Gasteiger charge is 2.38. The number of hydrogen-bond acceptors (Lipinski definition) is 0. The van der Waals surface area contributed by atoms with Crippen LogP contribution in [-0.4, -0.2) is 30.7 Å². The molecular formula is C11H26N+. The number of rotatable bonds is 1. The van der Waals surface area contributed by atoms with Crippen LogP contribution in [0.5, 0.6) is 0 Å². The van der Waals surface area contributed by atoms with Crippen LogP contribution in [0.2, 0.25) is 0 Å². The molecule has 0 bridgehead atoms. The summed E-state index contributed by atoms with van der Waals surface area (Å²) in [6.45, 7) is 8.68. The molecule has 74 valence electrons. The van der Waals surface area contributed by atoms with E-state index in [2.05, 4.69) is 27.9 Å². The maximum absolute atomic E-state index is 2.37. The molecule has 0 saturated carbocycles. The molecule has 0 aromatic rings. The first-order valence-electron chi connectivity index (χ1n) is 5.42. The van der Waals surface area contributed by atoms with Crippen LogP contribution < -0.4 is 0 Å². The van der Waals surface area contributed by atoms with Gasteiger partial charge in [-0.15, -0.1) is 0 Å². The standard InChI is InChI=1S/C9H20N.C2H6/c1-5-9-7-6-8(2)10(9,3)4;1-2/h8-9H,5-7H2,1-4H3;1-2H3/q+1;. The van der Waals surface area contributed by atoms with Crippen molar-refractivity contribution >= 4 is 0 Å². The highest BCUT2D eigenvalue weighted by Crippen LogP contribution is 2.30. The van der Waals surface area contributed by atoms with Gasteiger partial charge in [-0.2, -0.15) is 0 Å². The van der Waals surface area contributed by atoms with Crippen LogP contribution in [0.15, 0.2) is 0 Å². The fourth-order valence-corrected chi connectivity index (χ4v) is 2.13. The Labute approximate surface area is 78.4 Å². The largest absolute Gasteiger partial charge is 0.324 e. The molecule has 0 N–H and O–H groups in total. The Kier molecular flexibility index (Phi) is 4.84. The van der Waals surface area contributed by atoms with Gasteiger partial charge in [0.2, 0.25) is 0 Å². The van der Waals surface area contributed by atoms with Crippen molar-refractivity contribution in [3.8, 4) is 0 Å². The lowest BCUT2D eigenvalue weighted by Gasteiger charge is -2.35. The summed E-state index contributed by atoms with van der Waals surface area (Å²) < 4.78 is 1.25.